The topological polar surface area (TPSA) is 78.9 Å². The van der Waals surface area contributed by atoms with E-state index in [9.17, 15) is 14.4 Å². The van der Waals surface area contributed by atoms with E-state index in [1.165, 1.54) is 109 Å². The third-order valence-corrected chi connectivity index (χ3v) is 11.0. The Morgan fingerprint density at radius 2 is 0.651 bits per heavy atom. The Morgan fingerprint density at radius 1 is 0.333 bits per heavy atom. The molecule has 6 heteroatoms. The first-order chi connectivity index (χ1) is 31.0. The van der Waals surface area contributed by atoms with Crippen molar-refractivity contribution in [3.8, 4) is 0 Å². The molecule has 0 rings (SSSR count). The third-order valence-electron chi connectivity index (χ3n) is 11.0. The molecule has 0 aromatic heterocycles. The van der Waals surface area contributed by atoms with Gasteiger partial charge in [-0.25, -0.2) is 0 Å². The van der Waals surface area contributed by atoms with E-state index in [1.807, 2.05) is 0 Å². The summed E-state index contributed by atoms with van der Waals surface area (Å²) in [5, 5.41) is 0. The lowest BCUT2D eigenvalue weighted by Crippen LogP contribution is -2.30. The summed E-state index contributed by atoms with van der Waals surface area (Å²) in [6.07, 6.45) is 65.7. The Morgan fingerprint density at radius 3 is 1.11 bits per heavy atom. The second-order valence-electron chi connectivity index (χ2n) is 17.2. The predicted octanol–water partition coefficient (Wildman–Crippen LogP) is 17.2. The Bertz CT molecular complexity index is 1240. The van der Waals surface area contributed by atoms with Gasteiger partial charge in [-0.2, -0.15) is 0 Å². The van der Waals surface area contributed by atoms with Crippen molar-refractivity contribution in [1.82, 2.24) is 0 Å². The van der Waals surface area contributed by atoms with E-state index in [4.69, 9.17) is 14.2 Å². The molecule has 0 aliphatic carbocycles. The van der Waals surface area contributed by atoms with Crippen molar-refractivity contribution in [2.75, 3.05) is 13.2 Å². The van der Waals surface area contributed by atoms with Gasteiger partial charge >= 0.3 is 17.9 Å². The first-order valence-corrected chi connectivity index (χ1v) is 26.1. The first-order valence-electron chi connectivity index (χ1n) is 26.1. The minimum atomic E-state index is -0.810. The van der Waals surface area contributed by atoms with Crippen LogP contribution >= 0.6 is 0 Å². The average Bonchev–Trinajstić information content (AvgIpc) is 3.28. The van der Waals surface area contributed by atoms with Crippen molar-refractivity contribution in [2.24, 2.45) is 0 Å². The monoisotopic (exact) mass is 877 g/mol. The third kappa shape index (κ3) is 49.5. The average molecular weight is 877 g/mol. The van der Waals surface area contributed by atoms with Gasteiger partial charge in [0.25, 0.3) is 0 Å². The molecule has 0 saturated heterocycles. The van der Waals surface area contributed by atoms with Crippen LogP contribution in [0.5, 0.6) is 0 Å². The zero-order valence-corrected chi connectivity index (χ0v) is 41.1. The summed E-state index contributed by atoms with van der Waals surface area (Å²) >= 11 is 0. The number of carbonyl (C=O) groups excluding carboxylic acids is 3. The molecule has 0 saturated carbocycles. The van der Waals surface area contributed by atoms with Crippen LogP contribution in [-0.2, 0) is 28.6 Å². The van der Waals surface area contributed by atoms with Gasteiger partial charge in [0, 0.05) is 19.3 Å². The van der Waals surface area contributed by atoms with E-state index in [0.29, 0.717) is 19.3 Å². The normalized spacial score (nSPS) is 12.7. The van der Waals surface area contributed by atoms with Crippen LogP contribution in [0.2, 0.25) is 0 Å². The number of hydrogen-bond donors (Lipinski definition) is 0. The maximum Gasteiger partial charge on any atom is 0.306 e. The fourth-order valence-electron chi connectivity index (χ4n) is 7.00. The highest BCUT2D eigenvalue weighted by molar-refractivity contribution is 5.71. The lowest BCUT2D eigenvalue weighted by molar-refractivity contribution is -0.167. The van der Waals surface area contributed by atoms with Gasteiger partial charge < -0.3 is 14.2 Å². The van der Waals surface area contributed by atoms with Crippen LogP contribution in [0.1, 0.15) is 239 Å². The molecule has 1 unspecified atom stereocenters. The number of hydrogen-bond acceptors (Lipinski definition) is 6. The van der Waals surface area contributed by atoms with Crippen molar-refractivity contribution < 1.29 is 28.6 Å². The number of allylic oxidation sites excluding steroid dienone is 14. The molecule has 6 nitrogen and oxygen atoms in total. The molecule has 0 heterocycles. The van der Waals surface area contributed by atoms with Crippen molar-refractivity contribution in [1.29, 1.82) is 0 Å². The van der Waals surface area contributed by atoms with Gasteiger partial charge in [0.1, 0.15) is 13.2 Å². The first kappa shape index (κ1) is 59.6. The van der Waals surface area contributed by atoms with Gasteiger partial charge in [0.15, 0.2) is 6.10 Å². The molecule has 0 aliphatic rings. The van der Waals surface area contributed by atoms with Crippen molar-refractivity contribution in [2.45, 2.75) is 245 Å². The standard InChI is InChI=1S/C57H96O6/c1-4-7-10-13-16-19-22-24-26-28-30-31-33-35-38-41-44-47-50-56(59)62-53-54(52-61-55(58)49-46-43-40-37-21-18-15-12-9-6-3)63-57(60)51-48-45-42-39-36-34-32-29-27-25-23-20-17-14-11-8-5-2/h16,19,22,24-28,30-32,34,39,42,54H,4-15,17-18,20-21,23,29,33,35-38,40-41,43-53H2,1-3H3/b19-16-,24-22-,27-25-,28-26-,31-30-,34-32-,42-39-. The fourth-order valence-corrected chi connectivity index (χ4v) is 7.00. The summed E-state index contributed by atoms with van der Waals surface area (Å²) in [5.41, 5.74) is 0. The molecule has 360 valence electrons. The molecule has 0 N–H and O–H groups in total. The van der Waals surface area contributed by atoms with E-state index < -0.39 is 6.10 Å². The van der Waals surface area contributed by atoms with Gasteiger partial charge in [-0.1, -0.05) is 228 Å². The Hall–Kier alpha value is -3.41. The highest BCUT2D eigenvalue weighted by Crippen LogP contribution is 2.13. The maximum atomic E-state index is 12.8. The van der Waals surface area contributed by atoms with Crippen molar-refractivity contribution in [3.63, 3.8) is 0 Å². The fraction of sp³-hybridized carbons (Fsp3) is 0.702. The highest BCUT2D eigenvalue weighted by Gasteiger charge is 2.19. The summed E-state index contributed by atoms with van der Waals surface area (Å²) in [7, 11) is 0. The van der Waals surface area contributed by atoms with Gasteiger partial charge in [0.2, 0.25) is 0 Å². The van der Waals surface area contributed by atoms with E-state index in [1.54, 1.807) is 0 Å². The molecule has 0 radical (unpaired) electrons. The lowest BCUT2D eigenvalue weighted by atomic mass is 10.1. The number of unbranched alkanes of at least 4 members (excludes halogenated alkanes) is 24. The number of esters is 3. The van der Waals surface area contributed by atoms with Crippen LogP contribution in [0.3, 0.4) is 0 Å². The molecule has 0 fully saturated rings. The maximum absolute atomic E-state index is 12.8. The second-order valence-corrected chi connectivity index (χ2v) is 17.2. The summed E-state index contributed by atoms with van der Waals surface area (Å²) in [6.45, 7) is 6.51. The van der Waals surface area contributed by atoms with Gasteiger partial charge in [-0.15, -0.1) is 0 Å². The van der Waals surface area contributed by atoms with Crippen molar-refractivity contribution >= 4 is 17.9 Å². The zero-order valence-electron chi connectivity index (χ0n) is 41.1. The molecule has 0 aliphatic heterocycles. The van der Waals surface area contributed by atoms with E-state index in [-0.39, 0.29) is 37.5 Å². The molecular weight excluding hydrogens is 781 g/mol. The van der Waals surface area contributed by atoms with Crippen LogP contribution in [0.25, 0.3) is 0 Å². The largest absolute Gasteiger partial charge is 0.462 e. The van der Waals surface area contributed by atoms with E-state index in [0.717, 1.165) is 83.5 Å². The summed E-state index contributed by atoms with van der Waals surface area (Å²) in [6, 6.07) is 0. The molecule has 0 bridgehead atoms. The number of ether oxygens (including phenoxy) is 3. The van der Waals surface area contributed by atoms with Gasteiger partial charge in [-0.05, 0) is 77.0 Å². The highest BCUT2D eigenvalue weighted by atomic mass is 16.6. The number of carbonyl (C=O) groups is 3. The van der Waals surface area contributed by atoms with Crippen LogP contribution in [-0.4, -0.2) is 37.2 Å². The van der Waals surface area contributed by atoms with E-state index in [2.05, 4.69) is 106 Å². The Labute approximate surface area is 388 Å². The van der Waals surface area contributed by atoms with Gasteiger partial charge in [-0.3, -0.25) is 14.4 Å². The van der Waals surface area contributed by atoms with Crippen LogP contribution in [0, 0.1) is 0 Å². The molecule has 0 aromatic rings. The van der Waals surface area contributed by atoms with Crippen LogP contribution < -0.4 is 0 Å². The van der Waals surface area contributed by atoms with Crippen molar-refractivity contribution in [3.05, 3.63) is 85.1 Å². The zero-order chi connectivity index (χ0) is 45.8. The molecule has 0 spiro atoms. The molecular formula is C57H96O6. The summed E-state index contributed by atoms with van der Waals surface area (Å²) in [4.78, 5) is 37.9. The number of rotatable bonds is 46. The lowest BCUT2D eigenvalue weighted by Gasteiger charge is -2.18. The Kier molecular flexibility index (Phi) is 48.5. The van der Waals surface area contributed by atoms with Crippen LogP contribution in [0.15, 0.2) is 85.1 Å². The van der Waals surface area contributed by atoms with Gasteiger partial charge in [0.05, 0.1) is 0 Å². The summed E-state index contributed by atoms with van der Waals surface area (Å²) < 4.78 is 16.7. The molecule has 0 aromatic carbocycles. The molecule has 63 heavy (non-hydrogen) atoms. The predicted molar refractivity (Wildman–Crippen MR) is 270 cm³/mol. The Balaban J connectivity index is 4.49. The molecule has 1 atom stereocenters. The van der Waals surface area contributed by atoms with Crippen LogP contribution in [0.4, 0.5) is 0 Å². The van der Waals surface area contributed by atoms with E-state index >= 15 is 0 Å². The quantitative estimate of drug-likeness (QED) is 0.0199. The SMILES string of the molecule is CCCCC\C=C/C=C\C=C/C=C\CCCCCCCC(=O)OCC(COC(=O)CCCCCCCCCCCC)OC(=O)CCC/C=C\C/C=C\C/C=C\CCCCCCCC. The molecule has 0 amide bonds. The second kappa shape index (κ2) is 51.2. The minimum Gasteiger partial charge on any atom is -0.462 e. The summed E-state index contributed by atoms with van der Waals surface area (Å²) in [5.74, 6) is -0.982. The smallest absolute Gasteiger partial charge is 0.306 e. The minimum absolute atomic E-state index is 0.104.